The minimum Gasteiger partial charge on any atom is -0.492 e. The molecular formula is C17H14BrFO3. The van der Waals surface area contributed by atoms with E-state index in [1.54, 1.807) is 6.07 Å². The van der Waals surface area contributed by atoms with Gasteiger partial charge in [0.2, 0.25) is 0 Å². The molecule has 3 rings (SSSR count). The summed E-state index contributed by atoms with van der Waals surface area (Å²) in [6.45, 7) is 0.429. The van der Waals surface area contributed by atoms with Crippen LogP contribution >= 0.6 is 15.9 Å². The van der Waals surface area contributed by atoms with E-state index in [-0.39, 0.29) is 24.3 Å². The molecule has 0 N–H and O–H groups in total. The molecule has 1 atom stereocenters. The van der Waals surface area contributed by atoms with Crippen molar-refractivity contribution < 1.29 is 18.7 Å². The zero-order chi connectivity index (χ0) is 15.5. The summed E-state index contributed by atoms with van der Waals surface area (Å²) < 4.78 is 24.5. The summed E-state index contributed by atoms with van der Waals surface area (Å²) in [5, 5.41) is 0. The quantitative estimate of drug-likeness (QED) is 0.775. The first-order valence-electron chi connectivity index (χ1n) is 6.95. The number of carbonyl (C=O) groups is 1. The summed E-state index contributed by atoms with van der Waals surface area (Å²) in [5.41, 5.74) is 1.74. The third-order valence-corrected chi connectivity index (χ3v) is 4.34. The summed E-state index contributed by atoms with van der Waals surface area (Å²) in [5.74, 6) is -0.119. The van der Waals surface area contributed by atoms with Crippen molar-refractivity contribution in [2.75, 3.05) is 6.61 Å². The second-order valence-electron chi connectivity index (χ2n) is 5.16. The normalized spacial score (nSPS) is 16.5. The van der Waals surface area contributed by atoms with Gasteiger partial charge in [-0.25, -0.2) is 4.39 Å². The zero-order valence-corrected chi connectivity index (χ0v) is 13.3. The molecule has 1 heterocycles. The van der Waals surface area contributed by atoms with Gasteiger partial charge in [0.25, 0.3) is 0 Å². The lowest BCUT2D eigenvalue weighted by atomic mass is 9.97. The van der Waals surface area contributed by atoms with Crippen molar-refractivity contribution >= 4 is 21.9 Å². The first-order valence-corrected chi connectivity index (χ1v) is 7.74. The molecule has 0 aliphatic carbocycles. The van der Waals surface area contributed by atoms with Crippen molar-refractivity contribution in [2.45, 2.75) is 13.0 Å². The molecule has 2 aromatic rings. The van der Waals surface area contributed by atoms with Crippen LogP contribution in [0.4, 0.5) is 4.39 Å². The molecule has 0 fully saturated rings. The molecule has 0 amide bonds. The van der Waals surface area contributed by atoms with Crippen molar-refractivity contribution in [2.24, 2.45) is 5.92 Å². The number of rotatable bonds is 3. The van der Waals surface area contributed by atoms with E-state index in [0.29, 0.717) is 17.5 Å². The number of esters is 1. The van der Waals surface area contributed by atoms with E-state index >= 15 is 0 Å². The number of hydrogen-bond donors (Lipinski definition) is 0. The number of fused-ring (bicyclic) bond motifs is 1. The van der Waals surface area contributed by atoms with Crippen LogP contribution in [-0.4, -0.2) is 12.6 Å². The van der Waals surface area contributed by atoms with E-state index in [9.17, 15) is 9.18 Å². The second kappa shape index (κ2) is 6.48. The van der Waals surface area contributed by atoms with Crippen molar-refractivity contribution in [3.05, 3.63) is 63.9 Å². The molecule has 0 radical (unpaired) electrons. The van der Waals surface area contributed by atoms with Gasteiger partial charge in [0, 0.05) is 10.0 Å². The Labute approximate surface area is 136 Å². The lowest BCUT2D eigenvalue weighted by molar-refractivity contribution is -0.151. The number of carbonyl (C=O) groups excluding carboxylic acids is 1. The summed E-state index contributed by atoms with van der Waals surface area (Å²) >= 11 is 3.26. The summed E-state index contributed by atoms with van der Waals surface area (Å²) in [7, 11) is 0. The van der Waals surface area contributed by atoms with E-state index in [1.165, 1.54) is 12.1 Å². The van der Waals surface area contributed by atoms with E-state index < -0.39 is 0 Å². The predicted octanol–water partition coefficient (Wildman–Crippen LogP) is 3.88. The minimum absolute atomic E-state index is 0.109. The van der Waals surface area contributed by atoms with Crippen molar-refractivity contribution in [3.63, 3.8) is 0 Å². The van der Waals surface area contributed by atoms with Gasteiger partial charge in [-0.3, -0.25) is 4.79 Å². The van der Waals surface area contributed by atoms with Crippen LogP contribution < -0.4 is 4.74 Å². The van der Waals surface area contributed by atoms with Gasteiger partial charge in [0.1, 0.15) is 24.8 Å². The molecular weight excluding hydrogens is 351 g/mol. The molecule has 0 aromatic heterocycles. The first-order chi connectivity index (χ1) is 10.6. The minimum atomic E-state index is -0.334. The molecule has 0 bridgehead atoms. The Hall–Kier alpha value is -1.88. The van der Waals surface area contributed by atoms with Crippen LogP contribution in [0, 0.1) is 11.7 Å². The lowest BCUT2D eigenvalue weighted by Gasteiger charge is -2.23. The van der Waals surface area contributed by atoms with Crippen LogP contribution in [0.25, 0.3) is 0 Å². The molecule has 0 spiro atoms. The number of hydrogen-bond acceptors (Lipinski definition) is 3. The van der Waals surface area contributed by atoms with E-state index in [1.807, 2.05) is 24.3 Å². The van der Waals surface area contributed by atoms with Gasteiger partial charge >= 0.3 is 5.97 Å². The summed E-state index contributed by atoms with van der Waals surface area (Å²) in [6.07, 6.45) is 0.611. The average molecular weight is 365 g/mol. The fraction of sp³-hybridized carbons (Fsp3) is 0.235. The van der Waals surface area contributed by atoms with E-state index in [0.717, 1.165) is 16.9 Å². The van der Waals surface area contributed by atoms with Crippen molar-refractivity contribution in [1.29, 1.82) is 0 Å². The molecule has 2 aromatic carbocycles. The second-order valence-corrected chi connectivity index (χ2v) is 6.02. The maximum absolute atomic E-state index is 13.0. The molecule has 1 unspecified atom stereocenters. The van der Waals surface area contributed by atoms with Gasteiger partial charge in [-0.15, -0.1) is 0 Å². The van der Waals surface area contributed by atoms with Crippen molar-refractivity contribution in [3.8, 4) is 5.75 Å². The maximum atomic E-state index is 13.0. The number of halogens is 2. The number of benzene rings is 2. The lowest BCUT2D eigenvalue weighted by Crippen LogP contribution is -2.29. The molecule has 1 aliphatic rings. The molecule has 3 nitrogen and oxygen atoms in total. The molecule has 114 valence electrons. The van der Waals surface area contributed by atoms with Crippen LogP contribution in [-0.2, 0) is 22.6 Å². The van der Waals surface area contributed by atoms with Gasteiger partial charge in [-0.2, -0.15) is 0 Å². The van der Waals surface area contributed by atoms with E-state index in [2.05, 4.69) is 15.9 Å². The molecule has 22 heavy (non-hydrogen) atoms. The SMILES string of the molecule is O=C(OCc1ccc(F)cc1Br)C1COc2ccccc2C1. The largest absolute Gasteiger partial charge is 0.492 e. The van der Waals surface area contributed by atoms with Crippen LogP contribution in [0.3, 0.4) is 0 Å². The highest BCUT2D eigenvalue weighted by molar-refractivity contribution is 9.10. The van der Waals surface area contributed by atoms with Gasteiger partial charge in [0.05, 0.1) is 5.92 Å². The number of ether oxygens (including phenoxy) is 2. The van der Waals surface area contributed by atoms with Crippen LogP contribution in [0.15, 0.2) is 46.9 Å². The smallest absolute Gasteiger partial charge is 0.313 e. The Kier molecular flexibility index (Phi) is 4.43. The zero-order valence-electron chi connectivity index (χ0n) is 11.7. The highest BCUT2D eigenvalue weighted by atomic mass is 79.9. The van der Waals surface area contributed by atoms with Gasteiger partial charge in [0.15, 0.2) is 0 Å². The van der Waals surface area contributed by atoms with E-state index in [4.69, 9.17) is 9.47 Å². The Balaban J connectivity index is 1.61. The van der Waals surface area contributed by atoms with Crippen LogP contribution in [0.2, 0.25) is 0 Å². The Bertz CT molecular complexity index is 702. The highest BCUT2D eigenvalue weighted by Gasteiger charge is 2.27. The predicted molar refractivity (Wildman–Crippen MR) is 83.0 cm³/mol. The standard InChI is InChI=1S/C17H14BrFO3/c18-15-8-14(19)6-5-12(15)9-22-17(20)13-7-11-3-1-2-4-16(11)21-10-13/h1-6,8,13H,7,9-10H2. The van der Waals surface area contributed by atoms with Crippen molar-refractivity contribution in [1.82, 2.24) is 0 Å². The highest BCUT2D eigenvalue weighted by Crippen LogP contribution is 2.27. The molecule has 0 saturated carbocycles. The topological polar surface area (TPSA) is 35.5 Å². The van der Waals surface area contributed by atoms with Gasteiger partial charge in [-0.1, -0.05) is 40.2 Å². The third kappa shape index (κ3) is 3.30. The average Bonchev–Trinajstić information content (AvgIpc) is 2.53. The maximum Gasteiger partial charge on any atom is 0.313 e. The van der Waals surface area contributed by atoms with Crippen LogP contribution in [0.5, 0.6) is 5.75 Å². The fourth-order valence-corrected chi connectivity index (χ4v) is 2.85. The first kappa shape index (κ1) is 15.0. The van der Waals surface area contributed by atoms with Gasteiger partial charge in [-0.05, 0) is 30.2 Å². The monoisotopic (exact) mass is 364 g/mol. The van der Waals surface area contributed by atoms with Crippen LogP contribution in [0.1, 0.15) is 11.1 Å². The van der Waals surface area contributed by atoms with Gasteiger partial charge < -0.3 is 9.47 Å². The molecule has 0 saturated heterocycles. The summed E-state index contributed by atoms with van der Waals surface area (Å²) in [6, 6.07) is 12.0. The fourth-order valence-electron chi connectivity index (χ4n) is 2.38. The molecule has 5 heteroatoms. The Morgan fingerprint density at radius 2 is 2.14 bits per heavy atom. The third-order valence-electron chi connectivity index (χ3n) is 3.60. The Morgan fingerprint density at radius 3 is 2.95 bits per heavy atom. The summed E-state index contributed by atoms with van der Waals surface area (Å²) in [4.78, 5) is 12.2. The Morgan fingerprint density at radius 1 is 1.32 bits per heavy atom. The molecule has 1 aliphatic heterocycles. The number of para-hydroxylation sites is 1.